The monoisotopic (exact) mass is 229 g/mol. The summed E-state index contributed by atoms with van der Waals surface area (Å²) < 4.78 is 34.7. The number of nitrogens with two attached hydrogens (primary N) is 1. The van der Waals surface area contributed by atoms with Crippen LogP contribution in [0.4, 0.5) is 13.2 Å². The molecule has 0 heterocycles. The topological polar surface area (TPSA) is 78.6 Å². The third kappa shape index (κ3) is 4.63. The molecule has 0 aliphatic carbocycles. The molecule has 5 nitrogen and oxygen atoms in total. The van der Waals surface area contributed by atoms with Crippen LogP contribution in [-0.2, 0) is 19.4 Å². The first-order chi connectivity index (χ1) is 6.66. The van der Waals surface area contributed by atoms with Gasteiger partial charge in [-0.3, -0.25) is 0 Å². The molecule has 8 heteroatoms. The molecule has 1 unspecified atom stereocenters. The molecule has 0 aromatic heterocycles. The fraction of sp³-hybridized carbons (Fsp3) is 0.714. The van der Waals surface area contributed by atoms with Crippen molar-refractivity contribution in [2.75, 3.05) is 0 Å². The minimum absolute atomic E-state index is 0.345. The van der Waals surface area contributed by atoms with Crippen LogP contribution in [0.3, 0.4) is 0 Å². The van der Waals surface area contributed by atoms with Crippen LogP contribution in [-0.4, -0.2) is 24.2 Å². The molecular formula is C7H10F3NO4. The van der Waals surface area contributed by atoms with Crippen LogP contribution in [0.5, 0.6) is 0 Å². The molecule has 0 aliphatic heterocycles. The van der Waals surface area contributed by atoms with Crippen molar-refractivity contribution in [2.24, 2.45) is 11.7 Å². The van der Waals surface area contributed by atoms with Crippen molar-refractivity contribution in [3.8, 4) is 0 Å². The molecule has 0 aromatic rings. The second-order valence-corrected chi connectivity index (χ2v) is 3.04. The van der Waals surface area contributed by atoms with E-state index in [0.717, 1.165) is 0 Å². The Morgan fingerprint density at radius 1 is 1.20 bits per heavy atom. The van der Waals surface area contributed by atoms with Crippen molar-refractivity contribution in [3.63, 3.8) is 0 Å². The van der Waals surface area contributed by atoms with Gasteiger partial charge in [0, 0.05) is 0 Å². The van der Waals surface area contributed by atoms with E-state index < -0.39 is 24.2 Å². The van der Waals surface area contributed by atoms with E-state index in [-0.39, 0.29) is 5.92 Å². The minimum atomic E-state index is -5.21. The van der Waals surface area contributed by atoms with E-state index in [9.17, 15) is 22.8 Å². The summed E-state index contributed by atoms with van der Waals surface area (Å²) in [7, 11) is 0. The van der Waals surface area contributed by atoms with Crippen molar-refractivity contribution in [1.82, 2.24) is 0 Å². The number of hydrogen-bond acceptors (Lipinski definition) is 5. The molecule has 0 rings (SSSR count). The lowest BCUT2D eigenvalue weighted by atomic mass is 10.1. The summed E-state index contributed by atoms with van der Waals surface area (Å²) >= 11 is 0. The van der Waals surface area contributed by atoms with Gasteiger partial charge in [0.25, 0.3) is 0 Å². The van der Waals surface area contributed by atoms with E-state index in [0.29, 0.717) is 0 Å². The lowest BCUT2D eigenvalue weighted by Gasteiger charge is -2.12. The summed E-state index contributed by atoms with van der Waals surface area (Å²) in [4.78, 5) is 27.8. The maximum Gasteiger partial charge on any atom is 0.495 e. The van der Waals surface area contributed by atoms with Gasteiger partial charge in [-0.05, 0) is 5.92 Å². The van der Waals surface area contributed by atoms with Gasteiger partial charge in [0.2, 0.25) is 0 Å². The molecule has 0 spiro atoms. The normalized spacial score (nSPS) is 13.5. The number of carbonyl (C=O) groups is 2. The van der Waals surface area contributed by atoms with Crippen LogP contribution in [0.25, 0.3) is 0 Å². The predicted molar refractivity (Wildman–Crippen MR) is 41.1 cm³/mol. The Hall–Kier alpha value is -1.31. The van der Waals surface area contributed by atoms with Crippen LogP contribution in [0, 0.1) is 5.92 Å². The zero-order valence-corrected chi connectivity index (χ0v) is 8.00. The lowest BCUT2D eigenvalue weighted by molar-refractivity contribution is -0.286. The lowest BCUT2D eigenvalue weighted by Crippen LogP contribution is -2.38. The quantitative estimate of drug-likeness (QED) is 0.552. The minimum Gasteiger partial charge on any atom is -0.318 e. The summed E-state index contributed by atoms with van der Waals surface area (Å²) in [5, 5.41) is 0. The molecule has 15 heavy (non-hydrogen) atoms. The van der Waals surface area contributed by atoms with Crippen molar-refractivity contribution in [2.45, 2.75) is 26.1 Å². The van der Waals surface area contributed by atoms with Crippen molar-refractivity contribution >= 4 is 11.9 Å². The first-order valence-electron chi connectivity index (χ1n) is 3.91. The highest BCUT2D eigenvalue weighted by molar-refractivity contribution is 5.78. The van der Waals surface area contributed by atoms with Crippen LogP contribution in [0.2, 0.25) is 0 Å². The molecular weight excluding hydrogens is 219 g/mol. The molecule has 88 valence electrons. The SMILES string of the molecule is CC(C)C(N)C(=O)OOC(=O)C(F)(F)F. The van der Waals surface area contributed by atoms with E-state index in [1.807, 2.05) is 0 Å². The van der Waals surface area contributed by atoms with Crippen LogP contribution in [0.15, 0.2) is 0 Å². The molecule has 0 radical (unpaired) electrons. The Balaban J connectivity index is 4.08. The van der Waals surface area contributed by atoms with Gasteiger partial charge < -0.3 is 5.73 Å². The van der Waals surface area contributed by atoms with Crippen molar-refractivity contribution in [3.05, 3.63) is 0 Å². The number of alkyl halides is 3. The zero-order chi connectivity index (χ0) is 12.2. The fourth-order valence-electron chi connectivity index (χ4n) is 0.454. The molecule has 0 saturated carbocycles. The Morgan fingerprint density at radius 3 is 2.00 bits per heavy atom. The van der Waals surface area contributed by atoms with Gasteiger partial charge in [-0.2, -0.15) is 13.2 Å². The first-order valence-corrected chi connectivity index (χ1v) is 3.91. The summed E-state index contributed by atoms with van der Waals surface area (Å²) in [5.74, 6) is -4.18. The number of halogens is 3. The molecule has 0 saturated heterocycles. The average molecular weight is 229 g/mol. The molecule has 0 aliphatic rings. The van der Waals surface area contributed by atoms with Gasteiger partial charge in [-0.25, -0.2) is 19.4 Å². The molecule has 0 bridgehead atoms. The van der Waals surface area contributed by atoms with E-state index in [1.54, 1.807) is 13.8 Å². The van der Waals surface area contributed by atoms with Gasteiger partial charge >= 0.3 is 18.1 Å². The van der Waals surface area contributed by atoms with Gasteiger partial charge in [-0.15, -0.1) is 0 Å². The van der Waals surface area contributed by atoms with Crippen molar-refractivity contribution in [1.29, 1.82) is 0 Å². The number of carbonyl (C=O) groups excluding carboxylic acids is 2. The van der Waals surface area contributed by atoms with E-state index in [2.05, 4.69) is 9.78 Å². The van der Waals surface area contributed by atoms with Gasteiger partial charge in [0.15, 0.2) is 0 Å². The Labute approximate surface area is 83.2 Å². The van der Waals surface area contributed by atoms with E-state index >= 15 is 0 Å². The van der Waals surface area contributed by atoms with E-state index in [1.165, 1.54) is 0 Å². The maximum absolute atomic E-state index is 11.6. The largest absolute Gasteiger partial charge is 0.495 e. The Bertz CT molecular complexity index is 251. The van der Waals surface area contributed by atoms with E-state index in [4.69, 9.17) is 5.73 Å². The summed E-state index contributed by atoms with van der Waals surface area (Å²) in [5.41, 5.74) is 5.21. The summed E-state index contributed by atoms with van der Waals surface area (Å²) in [6, 6.07) is -1.15. The number of rotatable bonds is 2. The predicted octanol–water partition coefficient (Wildman–Crippen LogP) is 0.533. The zero-order valence-electron chi connectivity index (χ0n) is 8.00. The highest BCUT2D eigenvalue weighted by Crippen LogP contribution is 2.16. The molecule has 0 aromatic carbocycles. The molecule has 1 atom stereocenters. The standard InChI is InChI=1S/C7H10F3NO4/c1-3(2)4(11)5(12)14-15-6(13)7(8,9)10/h3-4H,11H2,1-2H3. The summed E-state index contributed by atoms with van der Waals surface area (Å²) in [6.45, 7) is 3.11. The highest BCUT2D eigenvalue weighted by atomic mass is 19.4. The van der Waals surface area contributed by atoms with Crippen LogP contribution < -0.4 is 5.73 Å². The van der Waals surface area contributed by atoms with Crippen molar-refractivity contribution < 1.29 is 32.5 Å². The Kier molecular flexibility index (Phi) is 4.53. The average Bonchev–Trinajstić information content (AvgIpc) is 2.10. The smallest absolute Gasteiger partial charge is 0.318 e. The molecule has 2 N–H and O–H groups in total. The highest BCUT2D eigenvalue weighted by Gasteiger charge is 2.43. The molecule has 0 amide bonds. The fourth-order valence-corrected chi connectivity index (χ4v) is 0.454. The number of hydrogen-bond donors (Lipinski definition) is 1. The third-order valence-electron chi connectivity index (χ3n) is 1.42. The van der Waals surface area contributed by atoms with Gasteiger partial charge in [0.05, 0.1) is 0 Å². The van der Waals surface area contributed by atoms with Crippen LogP contribution >= 0.6 is 0 Å². The van der Waals surface area contributed by atoms with Gasteiger partial charge in [-0.1, -0.05) is 13.8 Å². The molecule has 0 fully saturated rings. The first kappa shape index (κ1) is 13.7. The van der Waals surface area contributed by atoms with Gasteiger partial charge in [0.1, 0.15) is 6.04 Å². The summed E-state index contributed by atoms with van der Waals surface area (Å²) in [6.07, 6.45) is -5.21. The third-order valence-corrected chi connectivity index (χ3v) is 1.42. The van der Waals surface area contributed by atoms with Crippen LogP contribution in [0.1, 0.15) is 13.8 Å². The second-order valence-electron chi connectivity index (χ2n) is 3.04. The second kappa shape index (κ2) is 4.96. The maximum atomic E-state index is 11.6. The Morgan fingerprint density at radius 2 is 1.67 bits per heavy atom.